The Morgan fingerprint density at radius 2 is 1.95 bits per heavy atom. The molecule has 2 amide bonds. The number of amides is 2. The molecule has 0 aliphatic carbocycles. The van der Waals surface area contributed by atoms with Gasteiger partial charge in [0.15, 0.2) is 0 Å². The van der Waals surface area contributed by atoms with Crippen molar-refractivity contribution in [3.05, 3.63) is 0 Å². The zero-order valence-corrected chi connectivity index (χ0v) is 12.3. The molecule has 3 unspecified atom stereocenters. The van der Waals surface area contributed by atoms with Gasteiger partial charge in [0, 0.05) is 26.2 Å². The van der Waals surface area contributed by atoms with E-state index in [2.05, 4.69) is 0 Å². The number of primary amides is 1. The highest BCUT2D eigenvalue weighted by atomic mass is 16.4. The molecule has 7 heteroatoms. The van der Waals surface area contributed by atoms with Gasteiger partial charge in [-0.2, -0.15) is 0 Å². The summed E-state index contributed by atoms with van der Waals surface area (Å²) >= 11 is 0. The van der Waals surface area contributed by atoms with Crippen LogP contribution in [0.15, 0.2) is 0 Å². The molecule has 2 aliphatic rings. The lowest BCUT2D eigenvalue weighted by Crippen LogP contribution is -2.47. The SMILES string of the molecule is CC1CN(CC(=O)N2CCCC(C(N)=O)C2)CC1C(=O)O. The number of hydrogen-bond acceptors (Lipinski definition) is 4. The van der Waals surface area contributed by atoms with Crippen LogP contribution < -0.4 is 5.73 Å². The number of nitrogens with zero attached hydrogens (tertiary/aromatic N) is 2. The molecule has 2 heterocycles. The summed E-state index contributed by atoms with van der Waals surface area (Å²) in [6, 6.07) is 0. The molecule has 0 radical (unpaired) electrons. The van der Waals surface area contributed by atoms with E-state index in [-0.39, 0.29) is 30.2 Å². The molecule has 7 nitrogen and oxygen atoms in total. The smallest absolute Gasteiger partial charge is 0.308 e. The predicted molar refractivity (Wildman–Crippen MR) is 75.2 cm³/mol. The third-order valence-corrected chi connectivity index (χ3v) is 4.54. The van der Waals surface area contributed by atoms with Crippen molar-refractivity contribution >= 4 is 17.8 Å². The van der Waals surface area contributed by atoms with Crippen LogP contribution in [-0.2, 0) is 14.4 Å². The second-order valence-electron chi connectivity index (χ2n) is 6.20. The summed E-state index contributed by atoms with van der Waals surface area (Å²) in [6.45, 7) is 4.19. The van der Waals surface area contributed by atoms with E-state index in [1.54, 1.807) is 4.90 Å². The maximum Gasteiger partial charge on any atom is 0.308 e. The molecule has 2 saturated heterocycles. The quantitative estimate of drug-likeness (QED) is 0.718. The van der Waals surface area contributed by atoms with E-state index >= 15 is 0 Å². The largest absolute Gasteiger partial charge is 0.481 e. The van der Waals surface area contributed by atoms with Crippen molar-refractivity contribution in [1.29, 1.82) is 0 Å². The molecule has 0 spiro atoms. The highest BCUT2D eigenvalue weighted by molar-refractivity contribution is 5.81. The number of piperidine rings is 1. The van der Waals surface area contributed by atoms with Gasteiger partial charge in [-0.25, -0.2) is 0 Å². The minimum atomic E-state index is -0.802. The lowest BCUT2D eigenvalue weighted by atomic mass is 9.97. The molecule has 0 bridgehead atoms. The second kappa shape index (κ2) is 6.43. The maximum atomic E-state index is 12.3. The highest BCUT2D eigenvalue weighted by Crippen LogP contribution is 2.23. The van der Waals surface area contributed by atoms with Crippen LogP contribution in [0.2, 0.25) is 0 Å². The summed E-state index contributed by atoms with van der Waals surface area (Å²) in [5, 5.41) is 9.11. The first-order chi connectivity index (χ1) is 9.88. The predicted octanol–water partition coefficient (Wildman–Crippen LogP) is -0.637. The number of nitrogens with two attached hydrogens (primary N) is 1. The number of carbonyl (C=O) groups is 3. The van der Waals surface area contributed by atoms with Crippen LogP contribution in [0.1, 0.15) is 19.8 Å². The van der Waals surface area contributed by atoms with Crippen LogP contribution in [0.5, 0.6) is 0 Å². The number of likely N-dealkylation sites (tertiary alicyclic amines) is 2. The number of hydrogen-bond donors (Lipinski definition) is 2. The molecular formula is C14H23N3O4. The minimum Gasteiger partial charge on any atom is -0.481 e. The fourth-order valence-electron chi connectivity index (χ4n) is 3.24. The number of carboxylic acid groups (broad SMARTS) is 1. The number of rotatable bonds is 4. The van der Waals surface area contributed by atoms with Crippen LogP contribution in [0.25, 0.3) is 0 Å². The molecule has 118 valence electrons. The normalized spacial score (nSPS) is 30.3. The highest BCUT2D eigenvalue weighted by Gasteiger charge is 2.36. The lowest BCUT2D eigenvalue weighted by Gasteiger charge is -2.32. The third kappa shape index (κ3) is 3.72. The van der Waals surface area contributed by atoms with Gasteiger partial charge in [0.2, 0.25) is 11.8 Å². The Kier molecular flexibility index (Phi) is 4.82. The van der Waals surface area contributed by atoms with Crippen molar-refractivity contribution in [2.24, 2.45) is 23.5 Å². The molecule has 0 aromatic heterocycles. The van der Waals surface area contributed by atoms with Crippen molar-refractivity contribution in [2.75, 3.05) is 32.7 Å². The standard InChI is InChI=1S/C14H23N3O4/c1-9-5-16(7-11(9)14(20)21)8-12(18)17-4-2-3-10(6-17)13(15)19/h9-11H,2-8H2,1H3,(H2,15,19)(H,20,21). The summed E-state index contributed by atoms with van der Waals surface area (Å²) in [5.74, 6) is -1.81. The van der Waals surface area contributed by atoms with Crippen molar-refractivity contribution in [1.82, 2.24) is 9.80 Å². The topological polar surface area (TPSA) is 104 Å². The van der Waals surface area contributed by atoms with E-state index < -0.39 is 11.9 Å². The number of carbonyl (C=O) groups excluding carboxylic acids is 2. The van der Waals surface area contributed by atoms with Crippen LogP contribution in [0.3, 0.4) is 0 Å². The summed E-state index contributed by atoms with van der Waals surface area (Å²) in [5.41, 5.74) is 5.31. The minimum absolute atomic E-state index is 0.0424. The maximum absolute atomic E-state index is 12.3. The van der Waals surface area contributed by atoms with Crippen molar-refractivity contribution in [3.63, 3.8) is 0 Å². The molecule has 3 atom stereocenters. The number of aliphatic carboxylic acids is 1. The molecule has 2 rings (SSSR count). The second-order valence-corrected chi connectivity index (χ2v) is 6.20. The first kappa shape index (κ1) is 15.8. The van der Waals surface area contributed by atoms with Gasteiger partial charge in [-0.15, -0.1) is 0 Å². The van der Waals surface area contributed by atoms with Gasteiger partial charge in [0.25, 0.3) is 0 Å². The van der Waals surface area contributed by atoms with Crippen molar-refractivity contribution in [2.45, 2.75) is 19.8 Å². The van der Waals surface area contributed by atoms with Crippen LogP contribution in [-0.4, -0.2) is 65.4 Å². The monoisotopic (exact) mass is 297 g/mol. The van der Waals surface area contributed by atoms with Crippen LogP contribution in [0.4, 0.5) is 0 Å². The Morgan fingerprint density at radius 3 is 2.52 bits per heavy atom. The zero-order chi connectivity index (χ0) is 15.6. The fourth-order valence-corrected chi connectivity index (χ4v) is 3.24. The summed E-state index contributed by atoms with van der Waals surface area (Å²) in [7, 11) is 0. The molecule has 2 fully saturated rings. The van der Waals surface area contributed by atoms with E-state index in [4.69, 9.17) is 10.8 Å². The van der Waals surface area contributed by atoms with Gasteiger partial charge >= 0.3 is 5.97 Å². The lowest BCUT2D eigenvalue weighted by molar-refractivity contribution is -0.143. The molecular weight excluding hydrogens is 274 g/mol. The van der Waals surface area contributed by atoms with Gasteiger partial charge in [0.05, 0.1) is 18.4 Å². The van der Waals surface area contributed by atoms with Crippen LogP contribution >= 0.6 is 0 Å². The molecule has 21 heavy (non-hydrogen) atoms. The Bertz CT molecular complexity index is 440. The van der Waals surface area contributed by atoms with E-state index in [0.29, 0.717) is 26.2 Å². The van der Waals surface area contributed by atoms with E-state index in [1.165, 1.54) is 0 Å². The van der Waals surface area contributed by atoms with Gasteiger partial charge in [0.1, 0.15) is 0 Å². The molecule has 0 aromatic rings. The Morgan fingerprint density at radius 1 is 1.24 bits per heavy atom. The van der Waals surface area contributed by atoms with Crippen LogP contribution in [0, 0.1) is 17.8 Å². The Balaban J connectivity index is 1.87. The Hall–Kier alpha value is -1.63. The Labute approximate surface area is 124 Å². The summed E-state index contributed by atoms with van der Waals surface area (Å²) in [6.07, 6.45) is 1.52. The third-order valence-electron chi connectivity index (χ3n) is 4.54. The van der Waals surface area contributed by atoms with E-state index in [9.17, 15) is 14.4 Å². The van der Waals surface area contributed by atoms with Crippen molar-refractivity contribution < 1.29 is 19.5 Å². The first-order valence-electron chi connectivity index (χ1n) is 7.40. The molecule has 0 aromatic carbocycles. The average Bonchev–Trinajstić information content (AvgIpc) is 2.79. The molecule has 3 N–H and O–H groups in total. The van der Waals surface area contributed by atoms with Gasteiger partial charge < -0.3 is 15.7 Å². The summed E-state index contributed by atoms with van der Waals surface area (Å²) < 4.78 is 0. The fraction of sp³-hybridized carbons (Fsp3) is 0.786. The van der Waals surface area contributed by atoms with Gasteiger partial charge in [-0.3, -0.25) is 19.3 Å². The zero-order valence-electron chi connectivity index (χ0n) is 12.3. The number of carboxylic acids is 1. The molecule has 0 saturated carbocycles. The van der Waals surface area contributed by atoms with Gasteiger partial charge in [-0.05, 0) is 18.8 Å². The summed E-state index contributed by atoms with van der Waals surface area (Å²) in [4.78, 5) is 38.2. The van der Waals surface area contributed by atoms with Gasteiger partial charge in [-0.1, -0.05) is 6.92 Å². The van der Waals surface area contributed by atoms with E-state index in [0.717, 1.165) is 12.8 Å². The van der Waals surface area contributed by atoms with Crippen molar-refractivity contribution in [3.8, 4) is 0 Å². The van der Waals surface area contributed by atoms with E-state index in [1.807, 2.05) is 11.8 Å². The first-order valence-corrected chi connectivity index (χ1v) is 7.40. The average molecular weight is 297 g/mol. The molecule has 2 aliphatic heterocycles.